The highest BCUT2D eigenvalue weighted by atomic mass is 32.2. The van der Waals surface area contributed by atoms with Crippen molar-refractivity contribution in [3.63, 3.8) is 0 Å². The highest BCUT2D eigenvalue weighted by Gasteiger charge is 2.44. The normalized spacial score (nSPS) is 25.8. The van der Waals surface area contributed by atoms with Gasteiger partial charge in [-0.1, -0.05) is 24.3 Å². The molecular formula is C13H19NO5S. The van der Waals surface area contributed by atoms with Crippen molar-refractivity contribution in [2.45, 2.75) is 38.9 Å². The van der Waals surface area contributed by atoms with Crippen molar-refractivity contribution < 1.29 is 22.1 Å². The minimum Gasteiger partial charge on any atom is -0.338 e. The van der Waals surface area contributed by atoms with E-state index < -0.39 is 28.4 Å². The Morgan fingerprint density at radius 2 is 1.90 bits per heavy atom. The van der Waals surface area contributed by atoms with E-state index in [2.05, 4.69) is 8.91 Å². The quantitative estimate of drug-likeness (QED) is 0.915. The molecule has 1 aromatic rings. The average Bonchev–Trinajstić information content (AvgIpc) is 2.64. The van der Waals surface area contributed by atoms with Gasteiger partial charge in [0.15, 0.2) is 12.0 Å². The molecule has 1 aromatic carbocycles. The number of ether oxygens (including phenoxy) is 2. The van der Waals surface area contributed by atoms with E-state index in [1.54, 1.807) is 13.8 Å². The van der Waals surface area contributed by atoms with E-state index in [1.165, 1.54) is 0 Å². The minimum absolute atomic E-state index is 0.531. The Morgan fingerprint density at radius 1 is 1.25 bits per heavy atom. The molecule has 0 bridgehead atoms. The van der Waals surface area contributed by atoms with Gasteiger partial charge in [-0.3, -0.25) is 4.18 Å². The molecule has 20 heavy (non-hydrogen) atoms. The van der Waals surface area contributed by atoms with E-state index in [0.29, 0.717) is 0 Å². The zero-order valence-corrected chi connectivity index (χ0v) is 12.7. The van der Waals surface area contributed by atoms with Crippen LogP contribution in [0.1, 0.15) is 31.1 Å². The van der Waals surface area contributed by atoms with Gasteiger partial charge >= 0.3 is 10.3 Å². The molecule has 6 nitrogen and oxygen atoms in total. The molecule has 7 heteroatoms. The molecule has 1 fully saturated rings. The van der Waals surface area contributed by atoms with Crippen molar-refractivity contribution in [1.29, 1.82) is 0 Å². The first-order chi connectivity index (χ1) is 9.24. The largest absolute Gasteiger partial charge is 0.338 e. The fourth-order valence-corrected chi connectivity index (χ4v) is 2.72. The molecule has 112 valence electrons. The molecule has 0 aliphatic carbocycles. The topological polar surface area (TPSA) is 73.9 Å². The van der Waals surface area contributed by atoms with Gasteiger partial charge in [0.1, 0.15) is 6.10 Å². The Labute approximate surface area is 119 Å². The summed E-state index contributed by atoms with van der Waals surface area (Å²) < 4.78 is 41.3. The van der Waals surface area contributed by atoms with Crippen LogP contribution < -0.4 is 4.72 Å². The van der Waals surface area contributed by atoms with Crippen LogP contribution in [0.3, 0.4) is 0 Å². The van der Waals surface area contributed by atoms with E-state index in [1.807, 2.05) is 31.2 Å². The first kappa shape index (κ1) is 15.4. The minimum atomic E-state index is -3.86. The maximum absolute atomic E-state index is 11.6. The van der Waals surface area contributed by atoms with Crippen LogP contribution in [0, 0.1) is 6.92 Å². The number of nitrogens with one attached hydrogen (secondary N) is 1. The molecule has 0 saturated carbocycles. The van der Waals surface area contributed by atoms with Crippen molar-refractivity contribution >= 4 is 10.3 Å². The Bertz CT molecular complexity index is 584. The number of hydrogen-bond donors (Lipinski definition) is 1. The molecule has 1 N–H and O–H groups in total. The smallest absolute Gasteiger partial charge is 0.337 e. The Kier molecular flexibility index (Phi) is 4.17. The van der Waals surface area contributed by atoms with Crippen LogP contribution in [0.5, 0.6) is 0 Å². The van der Waals surface area contributed by atoms with Crippen LogP contribution in [0.25, 0.3) is 0 Å². The second-order valence-electron chi connectivity index (χ2n) is 5.07. The summed E-state index contributed by atoms with van der Waals surface area (Å²) in [7, 11) is -2.77. The molecular weight excluding hydrogens is 282 g/mol. The van der Waals surface area contributed by atoms with Gasteiger partial charge in [-0.05, 0) is 31.9 Å². The number of hydrogen-bond acceptors (Lipinski definition) is 5. The predicted octanol–water partition coefficient (Wildman–Crippen LogP) is 1.63. The van der Waals surface area contributed by atoms with Gasteiger partial charge in [-0.2, -0.15) is 13.1 Å². The van der Waals surface area contributed by atoms with Crippen LogP contribution in [0.4, 0.5) is 0 Å². The lowest BCUT2D eigenvalue weighted by atomic mass is 10.0. The van der Waals surface area contributed by atoms with Crippen LogP contribution in [-0.4, -0.2) is 27.5 Å². The molecule has 0 radical (unpaired) electrons. The molecule has 2 atom stereocenters. The van der Waals surface area contributed by atoms with Gasteiger partial charge in [-0.25, -0.2) is 0 Å². The van der Waals surface area contributed by atoms with Crippen LogP contribution >= 0.6 is 0 Å². The lowest BCUT2D eigenvalue weighted by molar-refractivity contribution is -0.147. The molecule has 0 amide bonds. The first-order valence-electron chi connectivity index (χ1n) is 6.23. The van der Waals surface area contributed by atoms with Gasteiger partial charge in [0.25, 0.3) is 0 Å². The molecule has 2 rings (SSSR count). The van der Waals surface area contributed by atoms with E-state index in [9.17, 15) is 8.42 Å². The van der Waals surface area contributed by atoms with Crippen LogP contribution in [0.2, 0.25) is 0 Å². The third kappa shape index (κ3) is 3.36. The van der Waals surface area contributed by atoms with Crippen molar-refractivity contribution in [1.82, 2.24) is 4.72 Å². The second kappa shape index (κ2) is 5.42. The second-order valence-corrected chi connectivity index (χ2v) is 6.55. The summed E-state index contributed by atoms with van der Waals surface area (Å²) in [5, 5.41) is 0. The van der Waals surface area contributed by atoms with Gasteiger partial charge in [-0.15, -0.1) is 0 Å². The fourth-order valence-electron chi connectivity index (χ4n) is 2.17. The molecule has 1 aliphatic heterocycles. The lowest BCUT2D eigenvalue weighted by Crippen LogP contribution is -2.39. The first-order valence-corrected chi connectivity index (χ1v) is 7.64. The Hall–Kier alpha value is -0.990. The monoisotopic (exact) mass is 301 g/mol. The fraction of sp³-hybridized carbons (Fsp3) is 0.538. The number of benzene rings is 1. The zero-order chi connectivity index (χ0) is 15.0. The summed E-state index contributed by atoms with van der Waals surface area (Å²) >= 11 is 0. The SMILES string of the molecule is COS(=O)(=O)N[C@H]1OC(C)(C)O[C@H]1c1ccccc1C. The molecule has 1 aliphatic rings. The maximum Gasteiger partial charge on any atom is 0.337 e. The van der Waals surface area contributed by atoms with Crippen LogP contribution in [-0.2, 0) is 24.0 Å². The summed E-state index contributed by atoms with van der Waals surface area (Å²) in [4.78, 5) is 0. The number of rotatable bonds is 4. The van der Waals surface area contributed by atoms with Gasteiger partial charge < -0.3 is 9.47 Å². The predicted molar refractivity (Wildman–Crippen MR) is 73.0 cm³/mol. The molecule has 1 saturated heterocycles. The third-order valence-corrected chi connectivity index (χ3v) is 4.03. The average molecular weight is 301 g/mol. The van der Waals surface area contributed by atoms with Crippen molar-refractivity contribution in [2.75, 3.05) is 7.11 Å². The summed E-state index contributed by atoms with van der Waals surface area (Å²) in [5.41, 5.74) is 1.88. The van der Waals surface area contributed by atoms with E-state index in [-0.39, 0.29) is 0 Å². The summed E-state index contributed by atoms with van der Waals surface area (Å²) in [6.45, 7) is 5.41. The highest BCUT2D eigenvalue weighted by molar-refractivity contribution is 7.84. The van der Waals surface area contributed by atoms with Gasteiger partial charge in [0, 0.05) is 0 Å². The van der Waals surface area contributed by atoms with E-state index >= 15 is 0 Å². The van der Waals surface area contributed by atoms with Crippen molar-refractivity contribution in [3.05, 3.63) is 35.4 Å². The van der Waals surface area contributed by atoms with Gasteiger partial charge in [0.2, 0.25) is 0 Å². The number of aryl methyl sites for hydroxylation is 1. The summed E-state index contributed by atoms with van der Waals surface area (Å²) in [6, 6.07) is 7.61. The standard InChI is InChI=1S/C13H19NO5S/c1-9-7-5-6-8-10(9)11-12(14-20(15,16)17-4)19-13(2,3)18-11/h5-8,11-12,14H,1-4H3/t11-,12-/m0/s1. The molecule has 0 spiro atoms. The molecule has 0 unspecified atom stereocenters. The summed E-state index contributed by atoms with van der Waals surface area (Å²) in [5.74, 6) is -0.881. The zero-order valence-electron chi connectivity index (χ0n) is 11.9. The lowest BCUT2D eigenvalue weighted by Gasteiger charge is -2.19. The summed E-state index contributed by atoms with van der Waals surface area (Å²) in [6.07, 6.45) is -1.37. The van der Waals surface area contributed by atoms with E-state index in [4.69, 9.17) is 9.47 Å². The van der Waals surface area contributed by atoms with Gasteiger partial charge in [0.05, 0.1) is 7.11 Å². The van der Waals surface area contributed by atoms with Crippen molar-refractivity contribution in [2.24, 2.45) is 0 Å². The van der Waals surface area contributed by atoms with Crippen molar-refractivity contribution in [3.8, 4) is 0 Å². The Balaban J connectivity index is 2.32. The molecule has 0 aromatic heterocycles. The molecule has 1 heterocycles. The Morgan fingerprint density at radius 3 is 2.50 bits per heavy atom. The maximum atomic E-state index is 11.6. The highest BCUT2D eigenvalue weighted by Crippen LogP contribution is 2.38. The van der Waals surface area contributed by atoms with Crippen LogP contribution in [0.15, 0.2) is 24.3 Å². The third-order valence-electron chi connectivity index (χ3n) is 3.07. The van der Waals surface area contributed by atoms with E-state index in [0.717, 1.165) is 18.2 Å².